The van der Waals surface area contributed by atoms with Crippen molar-refractivity contribution in [2.45, 2.75) is 0 Å². The molecule has 9 N–H and O–H groups in total. The molecule has 132 valence electrons. The summed E-state index contributed by atoms with van der Waals surface area (Å²) >= 11 is 0. The van der Waals surface area contributed by atoms with Gasteiger partial charge in [0.2, 0.25) is 0 Å². The molecule has 0 saturated heterocycles. The van der Waals surface area contributed by atoms with Crippen molar-refractivity contribution in [2.75, 3.05) is 0 Å². The van der Waals surface area contributed by atoms with Crippen LogP contribution >= 0.6 is 23.5 Å². The molecule has 0 saturated carbocycles. The molecule has 2 radical (unpaired) electrons. The van der Waals surface area contributed by atoms with E-state index in [0.29, 0.717) is 0 Å². The van der Waals surface area contributed by atoms with E-state index in [9.17, 15) is 0 Å². The van der Waals surface area contributed by atoms with Crippen molar-refractivity contribution in [3.63, 3.8) is 0 Å². The van der Waals surface area contributed by atoms with E-state index >= 15 is 0 Å². The van der Waals surface area contributed by atoms with Crippen LogP contribution in [-0.2, 0) is 82.0 Å². The topological polar surface area (TPSA) is 233 Å². The van der Waals surface area contributed by atoms with Crippen molar-refractivity contribution in [1.82, 2.24) is 0 Å². The van der Waals surface area contributed by atoms with E-state index < -0.39 is 23.5 Å². The standard InChI is InChI=1S/2Fe.3Li.2Mn.3H3O4P.3H/c;;;;;;;3*1-5(2,3)4;;;/h;;;;;;;3*(H3,1,2,3,4);;;/q;;3*+1;;;;;;3*-1. The molecule has 0 aromatic carbocycles. The SMILES string of the molecule is O=P(O)(O)O.O=P(O)(O)O.O=P(O)(O)O.[Fe].[Fe].[H-].[H-].[H-].[Li+].[Li+].[Li+].[Mn].[Mn]. The Morgan fingerprint density at radius 1 is 0.455 bits per heavy atom. The first-order valence-electron chi connectivity index (χ1n) is 2.35. The second kappa shape index (κ2) is 29.9. The van der Waals surface area contributed by atoms with Gasteiger partial charge in [0, 0.05) is 68.3 Å². The van der Waals surface area contributed by atoms with Gasteiger partial charge in [-0.2, -0.15) is 0 Å². The molecule has 12 nitrogen and oxygen atoms in total. The molecule has 0 aliphatic rings. The third-order valence-electron chi connectivity index (χ3n) is 0. The smallest absolute Gasteiger partial charge is 1.00 e. The summed E-state index contributed by atoms with van der Waals surface area (Å²) in [4.78, 5) is 64.7. The van der Waals surface area contributed by atoms with Crippen LogP contribution in [0.4, 0.5) is 0 Å². The molecule has 0 unspecified atom stereocenters. The minimum Gasteiger partial charge on any atom is -1.00 e. The average molecular weight is 539 g/mol. The van der Waals surface area contributed by atoms with Crippen LogP contribution in [0.3, 0.4) is 0 Å². The molecule has 0 spiro atoms. The van der Waals surface area contributed by atoms with Crippen LogP contribution < -0.4 is 56.6 Å². The van der Waals surface area contributed by atoms with E-state index in [0.717, 1.165) is 0 Å². The van der Waals surface area contributed by atoms with Crippen LogP contribution in [0.25, 0.3) is 0 Å². The van der Waals surface area contributed by atoms with Gasteiger partial charge in [0.1, 0.15) is 0 Å². The first kappa shape index (κ1) is 63.4. The molecular weight excluding hydrogens is 527 g/mol. The zero-order valence-corrected chi connectivity index (χ0v) is 18.3. The first-order valence-corrected chi connectivity index (χ1v) is 7.04. The van der Waals surface area contributed by atoms with Gasteiger partial charge >= 0.3 is 80.0 Å². The number of rotatable bonds is 0. The fourth-order valence-electron chi connectivity index (χ4n) is 0. The Hall–Kier alpha value is 4.20. The average Bonchev–Trinajstić information content (AvgIpc) is 1.41. The molecular formula is H12Fe2Li3Mn2O12P3. The number of phosphoric acid groups is 3. The van der Waals surface area contributed by atoms with E-state index in [4.69, 9.17) is 57.7 Å². The van der Waals surface area contributed by atoms with Crippen LogP contribution in [0.1, 0.15) is 4.28 Å². The molecule has 0 fully saturated rings. The van der Waals surface area contributed by atoms with Gasteiger partial charge in [-0.3, -0.25) is 0 Å². The summed E-state index contributed by atoms with van der Waals surface area (Å²) in [6.07, 6.45) is 0. The summed E-state index contributed by atoms with van der Waals surface area (Å²) in [5.74, 6) is 0. The van der Waals surface area contributed by atoms with Crippen molar-refractivity contribution in [3.8, 4) is 0 Å². The maximum atomic E-state index is 8.88. The quantitative estimate of drug-likeness (QED) is 0.103. The van der Waals surface area contributed by atoms with Crippen molar-refractivity contribution in [3.05, 3.63) is 0 Å². The van der Waals surface area contributed by atoms with E-state index in [1.807, 2.05) is 0 Å². The normalized spacial score (nSPS) is 8.05. The van der Waals surface area contributed by atoms with Crippen LogP contribution in [0.2, 0.25) is 0 Å². The van der Waals surface area contributed by atoms with Gasteiger partial charge in [-0.1, -0.05) is 0 Å². The minimum absolute atomic E-state index is 0. The van der Waals surface area contributed by atoms with Crippen LogP contribution in [0, 0.1) is 0 Å². The van der Waals surface area contributed by atoms with E-state index in [1.165, 1.54) is 0 Å². The summed E-state index contributed by atoms with van der Waals surface area (Å²) in [5.41, 5.74) is 0. The van der Waals surface area contributed by atoms with Gasteiger partial charge in [-0.25, -0.2) is 13.7 Å². The van der Waals surface area contributed by atoms with Crippen molar-refractivity contribution >= 4 is 23.5 Å². The summed E-state index contributed by atoms with van der Waals surface area (Å²) in [6.45, 7) is 0. The largest absolute Gasteiger partial charge is 1.00 e. The van der Waals surface area contributed by atoms with Crippen LogP contribution in [0.5, 0.6) is 0 Å². The molecule has 22 heavy (non-hydrogen) atoms. The third kappa shape index (κ3) is 738. The Bertz CT molecular complexity index is 241. The molecule has 0 aromatic heterocycles. The van der Waals surface area contributed by atoms with Crippen molar-refractivity contribution in [1.29, 1.82) is 0 Å². The van der Waals surface area contributed by atoms with Gasteiger partial charge in [-0.05, 0) is 0 Å². The van der Waals surface area contributed by atoms with Crippen LogP contribution in [0.15, 0.2) is 0 Å². The number of hydrogen-bond donors (Lipinski definition) is 9. The zero-order chi connectivity index (χ0) is 13.5. The molecule has 0 atom stereocenters. The Kier molecular flexibility index (Phi) is 86.3. The maximum Gasteiger partial charge on any atom is 1.00 e. The zero-order valence-electron chi connectivity index (χ0n) is 14.1. The van der Waals surface area contributed by atoms with E-state index in [1.54, 1.807) is 0 Å². The monoisotopic (exact) mass is 540 g/mol. The Labute approximate surface area is 208 Å². The van der Waals surface area contributed by atoms with E-state index in [-0.39, 0.29) is 129 Å². The van der Waals surface area contributed by atoms with Gasteiger partial charge in [0.05, 0.1) is 0 Å². The van der Waals surface area contributed by atoms with E-state index in [2.05, 4.69) is 0 Å². The molecule has 22 heteroatoms. The summed E-state index contributed by atoms with van der Waals surface area (Å²) in [7, 11) is -13.9. The van der Waals surface area contributed by atoms with Crippen LogP contribution in [-0.4, -0.2) is 44.0 Å². The van der Waals surface area contributed by atoms with Crippen molar-refractivity contribution < 1.29 is 187 Å². The summed E-state index contributed by atoms with van der Waals surface area (Å²) in [6, 6.07) is 0. The summed E-state index contributed by atoms with van der Waals surface area (Å²) in [5, 5.41) is 0. The van der Waals surface area contributed by atoms with Crippen molar-refractivity contribution in [2.24, 2.45) is 0 Å². The second-order valence-electron chi connectivity index (χ2n) is 1.54. The Morgan fingerprint density at radius 3 is 0.455 bits per heavy atom. The fourth-order valence-corrected chi connectivity index (χ4v) is 0. The molecule has 0 aliphatic carbocycles. The van der Waals surface area contributed by atoms with Gasteiger partial charge in [0.15, 0.2) is 0 Å². The molecule has 0 aliphatic heterocycles. The minimum atomic E-state index is -4.64. The molecule has 0 heterocycles. The predicted molar refractivity (Wildman–Crippen MR) is 46.1 cm³/mol. The maximum absolute atomic E-state index is 8.88. The second-order valence-corrected chi connectivity index (χ2v) is 4.62. The third-order valence-corrected chi connectivity index (χ3v) is 0. The number of hydrogen-bond acceptors (Lipinski definition) is 3. The Morgan fingerprint density at radius 2 is 0.455 bits per heavy atom. The molecule has 0 rings (SSSR count). The summed E-state index contributed by atoms with van der Waals surface area (Å²) < 4.78 is 26.6. The molecule has 0 amide bonds. The fraction of sp³-hybridized carbons (Fsp3) is 0. The molecule has 0 aromatic rings. The predicted octanol–water partition coefficient (Wildman–Crippen LogP) is -11.4. The Balaban J connectivity index is -0.00000000655. The van der Waals surface area contributed by atoms with Gasteiger partial charge in [0.25, 0.3) is 0 Å². The van der Waals surface area contributed by atoms with Gasteiger partial charge in [-0.15, -0.1) is 0 Å². The van der Waals surface area contributed by atoms with Gasteiger partial charge < -0.3 is 48.3 Å². The first-order chi connectivity index (χ1) is 6.00. The molecule has 0 bridgehead atoms.